The van der Waals surface area contributed by atoms with Crippen LogP contribution in [0.25, 0.3) is 0 Å². The molecule has 0 N–H and O–H groups in total. The molecule has 1 aliphatic rings. The lowest BCUT2D eigenvalue weighted by Crippen LogP contribution is -2.00. The van der Waals surface area contributed by atoms with Gasteiger partial charge in [0.2, 0.25) is 0 Å². The van der Waals surface area contributed by atoms with Crippen LogP contribution in [0.15, 0.2) is 0 Å². The molecule has 48 valence electrons. The number of Topliss-reactive ketones (excluding diaryl/α,β-unsaturated/α-hetero) is 1. The summed E-state index contributed by atoms with van der Waals surface area (Å²) in [6.45, 7) is 0. The summed E-state index contributed by atoms with van der Waals surface area (Å²) in [6.07, 6.45) is -0.753. The van der Waals surface area contributed by atoms with Gasteiger partial charge in [-0.1, -0.05) is 0 Å². The highest BCUT2D eigenvalue weighted by atomic mass is 19.1. The lowest BCUT2D eigenvalue weighted by atomic mass is 10.2. The largest absolute Gasteiger partial charge is 0.298 e. The molecule has 1 fully saturated rings. The zero-order chi connectivity index (χ0) is 6.85. The molecule has 1 aliphatic carbocycles. The number of rotatable bonds is 2. The van der Waals surface area contributed by atoms with E-state index in [0.29, 0.717) is 6.42 Å². The highest BCUT2D eigenvalue weighted by Crippen LogP contribution is 2.35. The molecule has 0 unspecified atom stereocenters. The molecule has 2 atom stereocenters. The van der Waals surface area contributed by atoms with Crippen LogP contribution in [0.4, 0.5) is 4.39 Å². The number of halogens is 1. The maximum atomic E-state index is 12.0. The molecule has 0 heterocycles. The summed E-state index contributed by atoms with van der Waals surface area (Å²) in [4.78, 5) is 10.6. The molecular formula is C6H6FNO. The summed E-state index contributed by atoms with van der Waals surface area (Å²) < 4.78 is 12.0. The van der Waals surface area contributed by atoms with E-state index in [1.807, 2.05) is 0 Å². The van der Waals surface area contributed by atoms with Gasteiger partial charge >= 0.3 is 0 Å². The summed E-state index contributed by atoms with van der Waals surface area (Å²) >= 11 is 0. The van der Waals surface area contributed by atoms with Crippen molar-refractivity contribution in [2.45, 2.75) is 19.0 Å². The normalized spacial score (nSPS) is 31.1. The maximum absolute atomic E-state index is 12.0. The van der Waals surface area contributed by atoms with E-state index in [2.05, 4.69) is 0 Å². The van der Waals surface area contributed by atoms with E-state index in [1.165, 1.54) is 0 Å². The Morgan fingerprint density at radius 2 is 2.44 bits per heavy atom. The molecule has 9 heavy (non-hydrogen) atoms. The second kappa shape index (κ2) is 2.14. The van der Waals surface area contributed by atoms with Crippen molar-refractivity contribution in [1.29, 1.82) is 5.26 Å². The quantitative estimate of drug-likeness (QED) is 0.551. The predicted molar refractivity (Wildman–Crippen MR) is 28.2 cm³/mol. The van der Waals surface area contributed by atoms with Crippen molar-refractivity contribution in [3.05, 3.63) is 0 Å². The van der Waals surface area contributed by atoms with Crippen molar-refractivity contribution >= 4 is 5.78 Å². The van der Waals surface area contributed by atoms with Gasteiger partial charge in [-0.3, -0.25) is 4.79 Å². The minimum Gasteiger partial charge on any atom is -0.298 e. The van der Waals surface area contributed by atoms with Crippen LogP contribution in [0.5, 0.6) is 0 Å². The number of carbonyl (C=O) groups excluding carboxylic acids is 1. The van der Waals surface area contributed by atoms with Crippen molar-refractivity contribution in [2.75, 3.05) is 0 Å². The smallest absolute Gasteiger partial charge is 0.152 e. The third-order valence-corrected chi connectivity index (χ3v) is 1.38. The summed E-state index contributed by atoms with van der Waals surface area (Å²) in [5.41, 5.74) is 0. The van der Waals surface area contributed by atoms with Gasteiger partial charge in [-0.15, -0.1) is 0 Å². The van der Waals surface area contributed by atoms with Crippen molar-refractivity contribution in [3.8, 4) is 6.07 Å². The molecule has 0 amide bonds. The van der Waals surface area contributed by atoms with Crippen LogP contribution in [0, 0.1) is 17.2 Å². The van der Waals surface area contributed by atoms with Gasteiger partial charge in [0, 0.05) is 0 Å². The zero-order valence-electron chi connectivity index (χ0n) is 4.80. The average molecular weight is 127 g/mol. The molecule has 0 aromatic rings. The minimum absolute atomic E-state index is 0.134. The lowest BCUT2D eigenvalue weighted by molar-refractivity contribution is -0.119. The van der Waals surface area contributed by atoms with E-state index >= 15 is 0 Å². The van der Waals surface area contributed by atoms with E-state index in [1.54, 1.807) is 6.07 Å². The van der Waals surface area contributed by atoms with Crippen molar-refractivity contribution in [2.24, 2.45) is 5.92 Å². The van der Waals surface area contributed by atoms with Crippen molar-refractivity contribution in [3.63, 3.8) is 0 Å². The van der Waals surface area contributed by atoms with Crippen molar-refractivity contribution in [1.82, 2.24) is 0 Å². The lowest BCUT2D eigenvalue weighted by Gasteiger charge is -1.84. The van der Waals surface area contributed by atoms with Gasteiger partial charge in [0.25, 0.3) is 0 Å². The monoisotopic (exact) mass is 127 g/mol. The molecule has 0 radical (unpaired) electrons. The SMILES string of the molecule is N#CCC(=O)[C@H]1C[C@H]1F. The summed E-state index contributed by atoms with van der Waals surface area (Å²) in [7, 11) is 0. The minimum atomic E-state index is -0.953. The van der Waals surface area contributed by atoms with E-state index in [9.17, 15) is 9.18 Å². The number of hydrogen-bond donors (Lipinski definition) is 0. The van der Waals surface area contributed by atoms with Gasteiger partial charge in [0.1, 0.15) is 6.17 Å². The van der Waals surface area contributed by atoms with Gasteiger partial charge < -0.3 is 0 Å². The van der Waals surface area contributed by atoms with E-state index in [0.717, 1.165) is 0 Å². The number of nitriles is 1. The van der Waals surface area contributed by atoms with Crippen LogP contribution >= 0.6 is 0 Å². The second-order valence-corrected chi connectivity index (χ2v) is 2.16. The summed E-state index contributed by atoms with van der Waals surface area (Å²) in [5.74, 6) is -0.686. The Balaban J connectivity index is 2.30. The molecule has 0 aliphatic heterocycles. The first-order valence-corrected chi connectivity index (χ1v) is 2.79. The molecule has 0 aromatic heterocycles. The van der Waals surface area contributed by atoms with E-state index in [-0.39, 0.29) is 12.2 Å². The van der Waals surface area contributed by atoms with Crippen LogP contribution in [-0.4, -0.2) is 12.0 Å². The Labute approximate surface area is 52.3 Å². The fraction of sp³-hybridized carbons (Fsp3) is 0.667. The third-order valence-electron chi connectivity index (χ3n) is 1.38. The Morgan fingerprint density at radius 3 is 2.78 bits per heavy atom. The predicted octanol–water partition coefficient (Wildman–Crippen LogP) is 0.827. The van der Waals surface area contributed by atoms with Gasteiger partial charge in [-0.25, -0.2) is 4.39 Å². The molecule has 0 aromatic carbocycles. The number of alkyl halides is 1. The Bertz CT molecular complexity index is 172. The summed E-state index contributed by atoms with van der Waals surface area (Å²) in [6, 6.07) is 1.69. The Morgan fingerprint density at radius 1 is 1.89 bits per heavy atom. The topological polar surface area (TPSA) is 40.9 Å². The number of nitrogens with zero attached hydrogens (tertiary/aromatic N) is 1. The molecule has 0 saturated heterocycles. The van der Waals surface area contributed by atoms with Crippen LogP contribution in [-0.2, 0) is 4.79 Å². The second-order valence-electron chi connectivity index (χ2n) is 2.16. The number of ketones is 1. The number of carbonyl (C=O) groups is 1. The van der Waals surface area contributed by atoms with E-state index in [4.69, 9.17) is 5.26 Å². The molecule has 0 spiro atoms. The number of hydrogen-bond acceptors (Lipinski definition) is 2. The first-order chi connectivity index (χ1) is 4.25. The highest BCUT2D eigenvalue weighted by molar-refractivity contribution is 5.85. The third kappa shape index (κ3) is 1.26. The van der Waals surface area contributed by atoms with Crippen LogP contribution < -0.4 is 0 Å². The Kier molecular flexibility index (Phi) is 1.48. The molecule has 1 rings (SSSR count). The summed E-state index contributed by atoms with van der Waals surface area (Å²) in [5, 5.41) is 8.01. The van der Waals surface area contributed by atoms with Gasteiger partial charge in [0.15, 0.2) is 5.78 Å². The van der Waals surface area contributed by atoms with Crippen LogP contribution in [0.3, 0.4) is 0 Å². The Hall–Kier alpha value is -0.910. The van der Waals surface area contributed by atoms with Gasteiger partial charge in [-0.05, 0) is 6.42 Å². The average Bonchev–Trinajstić information content (AvgIpc) is 2.47. The first-order valence-electron chi connectivity index (χ1n) is 2.79. The molecule has 3 heteroatoms. The van der Waals surface area contributed by atoms with Crippen LogP contribution in [0.2, 0.25) is 0 Å². The fourth-order valence-corrected chi connectivity index (χ4v) is 0.706. The molecular weight excluding hydrogens is 121 g/mol. The molecule has 0 bridgehead atoms. The first kappa shape index (κ1) is 6.21. The highest BCUT2D eigenvalue weighted by Gasteiger charge is 2.42. The van der Waals surface area contributed by atoms with Crippen LogP contribution in [0.1, 0.15) is 12.8 Å². The molecule has 2 nitrogen and oxygen atoms in total. The van der Waals surface area contributed by atoms with Crippen molar-refractivity contribution < 1.29 is 9.18 Å². The fourth-order valence-electron chi connectivity index (χ4n) is 0.706. The van der Waals surface area contributed by atoms with Gasteiger partial charge in [0.05, 0.1) is 18.4 Å². The zero-order valence-corrected chi connectivity index (χ0v) is 4.80. The standard InChI is InChI=1S/C6H6FNO/c7-5-3-4(5)6(9)1-2-8/h4-5H,1,3H2/t4-,5+/m0/s1. The molecule has 1 saturated carbocycles. The van der Waals surface area contributed by atoms with Gasteiger partial charge in [-0.2, -0.15) is 5.26 Å². The van der Waals surface area contributed by atoms with E-state index < -0.39 is 12.1 Å². The maximum Gasteiger partial charge on any atom is 0.152 e.